The number of nitrogens with one attached hydrogen (secondary N) is 1. The molecular weight excluding hydrogens is 419 g/mol. The Kier molecular flexibility index (Phi) is 6.44. The molecular formula is C25H25FN6O. The molecule has 4 aromatic rings. The van der Waals surface area contributed by atoms with Crippen molar-refractivity contribution in [2.75, 3.05) is 26.2 Å². The Hall–Kier alpha value is -4.07. The van der Waals surface area contributed by atoms with Crippen molar-refractivity contribution >= 4 is 29.0 Å². The number of pyridine rings is 1. The van der Waals surface area contributed by atoms with E-state index < -0.39 is 11.7 Å². The molecule has 0 aliphatic rings. The predicted octanol–water partition coefficient (Wildman–Crippen LogP) is 3.66. The lowest BCUT2D eigenvalue weighted by Gasteiger charge is -2.18. The minimum absolute atomic E-state index is 0.0236. The Bertz CT molecular complexity index is 1330. The van der Waals surface area contributed by atoms with Crippen LogP contribution in [0.3, 0.4) is 0 Å². The van der Waals surface area contributed by atoms with E-state index in [1.807, 2.05) is 42.1 Å². The van der Waals surface area contributed by atoms with E-state index in [-0.39, 0.29) is 5.56 Å². The number of hydrogen-bond acceptors (Lipinski definition) is 5. The van der Waals surface area contributed by atoms with Gasteiger partial charge in [-0.3, -0.25) is 9.78 Å². The molecule has 4 rings (SSSR count). The molecule has 0 saturated carbocycles. The molecule has 0 bridgehead atoms. The summed E-state index contributed by atoms with van der Waals surface area (Å²) in [5.41, 5.74) is 3.86. The molecule has 0 fully saturated rings. The summed E-state index contributed by atoms with van der Waals surface area (Å²) in [7, 11) is 5.34. The molecule has 1 N–H and O–H groups in total. The van der Waals surface area contributed by atoms with Gasteiger partial charge in [0.1, 0.15) is 5.82 Å². The van der Waals surface area contributed by atoms with E-state index in [2.05, 4.69) is 38.5 Å². The van der Waals surface area contributed by atoms with Crippen molar-refractivity contribution in [2.45, 2.75) is 12.8 Å². The number of aromatic nitrogens is 3. The first-order valence-electron chi connectivity index (χ1n) is 10.6. The second-order valence-corrected chi connectivity index (χ2v) is 7.82. The first kappa shape index (κ1) is 22.1. The number of halogens is 1. The van der Waals surface area contributed by atoms with Crippen LogP contribution in [0.15, 0.2) is 65.9 Å². The van der Waals surface area contributed by atoms with E-state index in [0.29, 0.717) is 18.8 Å². The van der Waals surface area contributed by atoms with Gasteiger partial charge in [0.25, 0.3) is 5.91 Å². The van der Waals surface area contributed by atoms with Crippen LogP contribution in [-0.4, -0.2) is 47.9 Å². The smallest absolute Gasteiger partial charge is 0.253 e. The SMILES string of the molecule is CNC(=O)c1ccc(C/C=N\c2ncc(Cc3ccc4ncccc4c3)n2N(C)C)cc1F. The van der Waals surface area contributed by atoms with Crippen LogP contribution in [-0.2, 0) is 12.8 Å². The van der Waals surface area contributed by atoms with Gasteiger partial charge in [-0.2, -0.15) is 0 Å². The van der Waals surface area contributed by atoms with Gasteiger partial charge in [0.15, 0.2) is 0 Å². The van der Waals surface area contributed by atoms with Gasteiger partial charge < -0.3 is 10.3 Å². The van der Waals surface area contributed by atoms with Crippen LogP contribution in [0.5, 0.6) is 0 Å². The van der Waals surface area contributed by atoms with Crippen LogP contribution in [0, 0.1) is 5.82 Å². The van der Waals surface area contributed by atoms with Gasteiger partial charge in [-0.25, -0.2) is 19.0 Å². The maximum atomic E-state index is 14.2. The summed E-state index contributed by atoms with van der Waals surface area (Å²) in [4.78, 5) is 25.0. The minimum Gasteiger partial charge on any atom is -0.355 e. The fraction of sp³-hybridized carbons (Fsp3) is 0.200. The number of aliphatic imine (C=N–C) groups is 1. The van der Waals surface area contributed by atoms with Crippen LogP contribution < -0.4 is 10.3 Å². The maximum absolute atomic E-state index is 14.2. The highest BCUT2D eigenvalue weighted by Gasteiger charge is 2.13. The largest absolute Gasteiger partial charge is 0.355 e. The number of imidazole rings is 1. The molecule has 0 aliphatic heterocycles. The normalized spacial score (nSPS) is 11.3. The molecule has 0 spiro atoms. The van der Waals surface area contributed by atoms with Crippen LogP contribution in [0.1, 0.15) is 27.2 Å². The Balaban J connectivity index is 1.52. The zero-order valence-electron chi connectivity index (χ0n) is 18.8. The standard InChI is InChI=1S/C25H25FN6O/c1-27-24(33)21-8-6-17(15-22(21)26)10-12-29-25-30-16-20(32(25)31(2)3)14-18-7-9-23-19(13-18)5-4-11-28-23/h4-9,11-13,15-16H,10,14H2,1-3H3,(H,27,33)/b29-12-. The van der Waals surface area contributed by atoms with E-state index in [0.717, 1.165) is 27.7 Å². The summed E-state index contributed by atoms with van der Waals surface area (Å²) in [5.74, 6) is -0.459. The Morgan fingerprint density at radius 3 is 2.73 bits per heavy atom. The van der Waals surface area contributed by atoms with Gasteiger partial charge in [0.05, 0.1) is 23.0 Å². The molecule has 168 valence electrons. The average molecular weight is 445 g/mol. The summed E-state index contributed by atoms with van der Waals surface area (Å²) in [6.45, 7) is 0. The molecule has 0 atom stereocenters. The molecule has 0 unspecified atom stereocenters. The van der Waals surface area contributed by atoms with E-state index in [4.69, 9.17) is 0 Å². The third kappa shape index (κ3) is 4.90. The van der Waals surface area contributed by atoms with E-state index in [1.165, 1.54) is 19.2 Å². The first-order valence-corrected chi connectivity index (χ1v) is 10.6. The molecule has 1 amide bonds. The topological polar surface area (TPSA) is 75.4 Å². The lowest BCUT2D eigenvalue weighted by Crippen LogP contribution is -2.26. The summed E-state index contributed by atoms with van der Waals surface area (Å²) in [6, 6.07) is 14.8. The number of fused-ring (bicyclic) bond motifs is 1. The second-order valence-electron chi connectivity index (χ2n) is 7.82. The third-order valence-corrected chi connectivity index (χ3v) is 5.28. The van der Waals surface area contributed by atoms with Gasteiger partial charge in [-0.15, -0.1) is 0 Å². The van der Waals surface area contributed by atoms with Gasteiger partial charge >= 0.3 is 0 Å². The number of rotatable bonds is 7. The molecule has 7 nitrogen and oxygen atoms in total. The molecule has 0 saturated heterocycles. The lowest BCUT2D eigenvalue weighted by molar-refractivity contribution is 0.0959. The van der Waals surface area contributed by atoms with Crippen LogP contribution in [0.25, 0.3) is 10.9 Å². The molecule has 0 radical (unpaired) electrons. The number of hydrogen-bond donors (Lipinski definition) is 1. The molecule has 0 aliphatic carbocycles. The Morgan fingerprint density at radius 2 is 1.97 bits per heavy atom. The van der Waals surface area contributed by atoms with Gasteiger partial charge in [0, 0.05) is 51.8 Å². The van der Waals surface area contributed by atoms with Crippen molar-refractivity contribution in [3.63, 3.8) is 0 Å². The van der Waals surface area contributed by atoms with E-state index in [1.54, 1.807) is 18.5 Å². The molecule has 33 heavy (non-hydrogen) atoms. The highest BCUT2D eigenvalue weighted by Crippen LogP contribution is 2.20. The molecule has 8 heteroatoms. The van der Waals surface area contributed by atoms with E-state index in [9.17, 15) is 9.18 Å². The number of benzene rings is 2. The summed E-state index contributed by atoms with van der Waals surface area (Å²) in [5, 5.41) is 5.45. The van der Waals surface area contributed by atoms with Crippen molar-refractivity contribution in [1.29, 1.82) is 0 Å². The summed E-state index contributed by atoms with van der Waals surface area (Å²) >= 11 is 0. The fourth-order valence-corrected chi connectivity index (χ4v) is 3.70. The Morgan fingerprint density at radius 1 is 1.15 bits per heavy atom. The highest BCUT2D eigenvalue weighted by molar-refractivity contribution is 5.94. The second kappa shape index (κ2) is 9.60. The zero-order valence-corrected chi connectivity index (χ0v) is 18.8. The zero-order chi connectivity index (χ0) is 23.4. The van der Waals surface area contributed by atoms with Crippen molar-refractivity contribution in [3.05, 3.63) is 89.1 Å². The summed E-state index contributed by atoms with van der Waals surface area (Å²) < 4.78 is 16.1. The van der Waals surface area contributed by atoms with Crippen molar-refractivity contribution in [1.82, 2.24) is 20.0 Å². The fourth-order valence-electron chi connectivity index (χ4n) is 3.70. The quantitative estimate of drug-likeness (QED) is 0.442. The monoisotopic (exact) mass is 444 g/mol. The molecule has 2 aromatic carbocycles. The van der Waals surface area contributed by atoms with Crippen LogP contribution in [0.4, 0.5) is 10.3 Å². The third-order valence-electron chi connectivity index (χ3n) is 5.28. The Labute approximate surface area is 191 Å². The van der Waals surface area contributed by atoms with Crippen molar-refractivity contribution in [3.8, 4) is 0 Å². The highest BCUT2D eigenvalue weighted by atomic mass is 19.1. The molecule has 2 aromatic heterocycles. The number of amides is 1. The summed E-state index contributed by atoms with van der Waals surface area (Å²) in [6.07, 6.45) is 6.41. The van der Waals surface area contributed by atoms with Crippen molar-refractivity contribution < 1.29 is 9.18 Å². The average Bonchev–Trinajstić information content (AvgIpc) is 3.21. The maximum Gasteiger partial charge on any atom is 0.253 e. The van der Waals surface area contributed by atoms with E-state index >= 15 is 0 Å². The molecule has 2 heterocycles. The van der Waals surface area contributed by atoms with Gasteiger partial charge in [0.2, 0.25) is 5.95 Å². The van der Waals surface area contributed by atoms with Crippen LogP contribution in [0.2, 0.25) is 0 Å². The number of nitrogens with zero attached hydrogens (tertiary/aromatic N) is 5. The van der Waals surface area contributed by atoms with Gasteiger partial charge in [-0.1, -0.05) is 18.2 Å². The van der Waals surface area contributed by atoms with Crippen LogP contribution >= 0.6 is 0 Å². The lowest BCUT2D eigenvalue weighted by atomic mass is 10.1. The van der Waals surface area contributed by atoms with Gasteiger partial charge in [-0.05, 0) is 41.5 Å². The predicted molar refractivity (Wildman–Crippen MR) is 128 cm³/mol. The number of carbonyl (C=O) groups excluding carboxylic acids is 1. The number of carbonyl (C=O) groups is 1. The van der Waals surface area contributed by atoms with Crippen molar-refractivity contribution in [2.24, 2.45) is 4.99 Å². The minimum atomic E-state index is -0.553. The first-order chi connectivity index (χ1) is 16.0.